The lowest BCUT2D eigenvalue weighted by atomic mass is 10.0. The van der Waals surface area contributed by atoms with Gasteiger partial charge in [0.2, 0.25) is 0 Å². The highest BCUT2D eigenvalue weighted by atomic mass is 16.5. The monoisotopic (exact) mass is 1930 g/mol. The average molecular weight is 1930 g/mol. The fourth-order valence-electron chi connectivity index (χ4n) is 18.6. The molecular weight excluding hydrogens is 1730 g/mol. The van der Waals surface area contributed by atoms with Crippen LogP contribution in [-0.4, -0.2) is 45.9 Å². The Hall–Kier alpha value is -9.59. The lowest BCUT2D eigenvalue weighted by Crippen LogP contribution is -2.03. The molecule has 8 aromatic rings. The van der Waals surface area contributed by atoms with E-state index in [0.717, 1.165) is 172 Å². The topological polar surface area (TPSA) is 72.5 Å². The maximum absolute atomic E-state index is 11.6. The van der Waals surface area contributed by atoms with Crippen LogP contribution >= 0.6 is 0 Å². The molecule has 0 unspecified atom stereocenters. The molecule has 0 amide bonds. The second-order valence-corrected chi connectivity index (χ2v) is 40.5. The zero-order chi connectivity index (χ0) is 99.7. The molecule has 7 heteroatoms. The summed E-state index contributed by atoms with van der Waals surface area (Å²) in [5.74, 6) is 5.20. The first-order chi connectivity index (χ1) is 70.3. The Morgan fingerprint density at radius 2 is 0.275 bits per heavy atom. The van der Waals surface area contributed by atoms with Crippen LogP contribution in [0.5, 0.6) is 34.5 Å². The summed E-state index contributed by atoms with van der Waals surface area (Å²) in [6.07, 6.45) is 108. The zero-order valence-corrected chi connectivity index (χ0v) is 90.3. The third kappa shape index (κ3) is 53.8. The molecule has 0 spiro atoms. The van der Waals surface area contributed by atoms with E-state index in [9.17, 15) is 4.79 Å². The number of unbranched alkanes of at least 4 members (excludes halogenated alkanes) is 54. The molecule has 0 bridgehead atoms. The lowest BCUT2D eigenvalue weighted by Gasteiger charge is -2.16. The van der Waals surface area contributed by atoms with Crippen LogP contribution in [0.15, 0.2) is 164 Å². The predicted molar refractivity (Wildman–Crippen MR) is 623 cm³/mol. The fraction of sp³-hybridized carbons (Fsp3) is 0.533. The summed E-state index contributed by atoms with van der Waals surface area (Å²) in [4.78, 5) is 11.6. The number of carbonyl (C=O) groups excluding carboxylic acids is 1. The predicted octanol–water partition coefficient (Wildman–Crippen LogP) is 42.5. The van der Waals surface area contributed by atoms with E-state index in [1.54, 1.807) is 0 Å². The minimum Gasteiger partial charge on any atom is -0.493 e. The molecule has 0 aliphatic heterocycles. The molecule has 0 radical (unpaired) electrons. The summed E-state index contributed by atoms with van der Waals surface area (Å²) in [5, 5.41) is 0. The van der Waals surface area contributed by atoms with Crippen molar-refractivity contribution in [1.29, 1.82) is 0 Å². The molecule has 0 atom stereocenters. The third-order valence-electron chi connectivity index (χ3n) is 27.8. The smallest absolute Gasteiger partial charge is 0.150 e. The van der Waals surface area contributed by atoms with E-state index >= 15 is 0 Å². The van der Waals surface area contributed by atoms with E-state index in [-0.39, 0.29) is 0 Å². The molecule has 0 aliphatic carbocycles. The number of carbonyl (C=O) groups is 1. The van der Waals surface area contributed by atoms with Gasteiger partial charge in [-0.05, 0) is 119 Å². The van der Waals surface area contributed by atoms with Crippen molar-refractivity contribution in [2.75, 3.05) is 39.6 Å². The van der Waals surface area contributed by atoms with Gasteiger partial charge in [-0.2, -0.15) is 0 Å². The van der Waals surface area contributed by atoms with Crippen molar-refractivity contribution in [3.8, 4) is 34.5 Å². The van der Waals surface area contributed by atoms with Gasteiger partial charge in [0.25, 0.3) is 0 Å². The standard InChI is InChI=1S/C135H192O7/c1-7-13-19-25-31-37-43-49-55-64-102-137-130-109-125(131(138-103-65-56-50-44-38-32-26-20-14-8-2)108-124(130)96-90-117-76-74-116(75-77-117)73-72-115-70-62-61-63-71-115)97-91-118-78-80-119(81-79-118)92-98-126-110-133(140-105-67-58-52-46-40-34-28-22-16-10-4)127(111-132(126)139-104-66-57-51-45-39-33-27-21-15-9-3)99-93-120-82-84-121(85-83-120)94-100-128-112-135(142-107-69-60-54-48-42-36-30-24-18-12-6)129(101-95-122-86-88-123(114-136)89-87-122)113-134(128)141-106-68-59-53-47-41-35-29-23-17-11-5/h61-63,70-101,108-114H,7-60,64-69,102-107H2,1-6H3/b73-72+,96-90+,97-91+,98-92+,99-93+,100-94+,101-95+. The molecular formula is C135H192O7. The van der Waals surface area contributed by atoms with Gasteiger partial charge in [-0.1, -0.05) is 601 Å². The van der Waals surface area contributed by atoms with Crippen molar-refractivity contribution < 1.29 is 33.2 Å². The van der Waals surface area contributed by atoms with Gasteiger partial charge in [0, 0.05) is 38.9 Å². The van der Waals surface area contributed by atoms with E-state index in [0.29, 0.717) is 45.2 Å². The number of hydrogen-bond acceptors (Lipinski definition) is 7. The van der Waals surface area contributed by atoms with E-state index in [1.165, 1.54) is 332 Å². The zero-order valence-electron chi connectivity index (χ0n) is 90.3. The van der Waals surface area contributed by atoms with Crippen molar-refractivity contribution in [3.63, 3.8) is 0 Å². The number of benzene rings is 8. The minimum atomic E-state index is 0.650. The van der Waals surface area contributed by atoms with Crippen LogP contribution in [-0.2, 0) is 0 Å². The number of rotatable bonds is 87. The highest BCUT2D eigenvalue weighted by molar-refractivity contribution is 5.84. The van der Waals surface area contributed by atoms with Gasteiger partial charge in [0.1, 0.15) is 40.8 Å². The van der Waals surface area contributed by atoms with Gasteiger partial charge >= 0.3 is 0 Å². The number of hydrogen-bond donors (Lipinski definition) is 0. The highest BCUT2D eigenvalue weighted by Crippen LogP contribution is 2.38. The average Bonchev–Trinajstić information content (AvgIpc) is 0.827. The van der Waals surface area contributed by atoms with Crippen LogP contribution in [0.1, 0.15) is 515 Å². The van der Waals surface area contributed by atoms with Crippen molar-refractivity contribution in [2.45, 2.75) is 427 Å². The molecule has 142 heavy (non-hydrogen) atoms. The van der Waals surface area contributed by atoms with Crippen molar-refractivity contribution in [1.82, 2.24) is 0 Å². The van der Waals surface area contributed by atoms with Crippen LogP contribution in [0.25, 0.3) is 85.1 Å². The normalized spacial score (nSPS) is 11.9. The molecule has 0 fully saturated rings. The van der Waals surface area contributed by atoms with E-state index < -0.39 is 0 Å². The molecule has 0 saturated carbocycles. The van der Waals surface area contributed by atoms with Crippen LogP contribution in [0.4, 0.5) is 0 Å². The van der Waals surface area contributed by atoms with Crippen molar-refractivity contribution >= 4 is 91.4 Å². The second-order valence-electron chi connectivity index (χ2n) is 40.5. The maximum atomic E-state index is 11.6. The summed E-state index contributed by atoms with van der Waals surface area (Å²) in [7, 11) is 0. The molecule has 0 saturated heterocycles. The molecule has 0 aromatic heterocycles. The second kappa shape index (κ2) is 79.7. The Labute approximate surface area is 867 Å². The van der Waals surface area contributed by atoms with Gasteiger partial charge in [-0.3, -0.25) is 4.79 Å². The van der Waals surface area contributed by atoms with E-state index in [2.05, 4.69) is 266 Å². The third-order valence-corrected chi connectivity index (χ3v) is 27.8. The van der Waals surface area contributed by atoms with Gasteiger partial charge in [0.15, 0.2) is 0 Å². The lowest BCUT2D eigenvalue weighted by molar-refractivity contribution is 0.112. The van der Waals surface area contributed by atoms with E-state index in [1.807, 2.05) is 24.3 Å². The largest absolute Gasteiger partial charge is 0.493 e. The number of ether oxygens (including phenoxy) is 6. The van der Waals surface area contributed by atoms with Crippen LogP contribution < -0.4 is 28.4 Å². The Bertz CT molecular complexity index is 4660. The molecule has 8 aromatic carbocycles. The Kier molecular flexibility index (Phi) is 66.1. The highest BCUT2D eigenvalue weighted by Gasteiger charge is 2.17. The first-order valence-corrected chi connectivity index (χ1v) is 58.3. The van der Waals surface area contributed by atoms with Gasteiger partial charge < -0.3 is 28.4 Å². The summed E-state index contributed by atoms with van der Waals surface area (Å²) in [5.41, 5.74) is 15.6. The quantitative estimate of drug-likeness (QED) is 0.0214. The van der Waals surface area contributed by atoms with Crippen LogP contribution in [0, 0.1) is 0 Å². The first kappa shape index (κ1) is 118. The van der Waals surface area contributed by atoms with Crippen molar-refractivity contribution in [3.05, 3.63) is 247 Å². The van der Waals surface area contributed by atoms with Crippen LogP contribution in [0.2, 0.25) is 0 Å². The molecule has 774 valence electrons. The van der Waals surface area contributed by atoms with Gasteiger partial charge in [-0.15, -0.1) is 0 Å². The summed E-state index contributed by atoms with van der Waals surface area (Å²) in [6.45, 7) is 17.7. The van der Waals surface area contributed by atoms with Gasteiger partial charge in [-0.25, -0.2) is 0 Å². The van der Waals surface area contributed by atoms with E-state index in [4.69, 9.17) is 28.4 Å². The Morgan fingerprint density at radius 1 is 0.148 bits per heavy atom. The van der Waals surface area contributed by atoms with Crippen molar-refractivity contribution in [2.24, 2.45) is 0 Å². The van der Waals surface area contributed by atoms with Crippen LogP contribution in [0.3, 0.4) is 0 Å². The molecule has 0 N–H and O–H groups in total. The molecule has 0 aliphatic rings. The summed E-state index contributed by atoms with van der Waals surface area (Å²) < 4.78 is 41.4. The molecule has 8 rings (SSSR count). The Balaban J connectivity index is 1.08. The Morgan fingerprint density at radius 3 is 0.423 bits per heavy atom. The molecule has 0 heterocycles. The minimum absolute atomic E-state index is 0.650. The number of aldehydes is 1. The summed E-state index contributed by atoms with van der Waals surface area (Å²) in [6, 6.07) is 58.2. The summed E-state index contributed by atoms with van der Waals surface area (Å²) >= 11 is 0. The SMILES string of the molecule is CCCCCCCCCCCCOc1cc(/C=C/c2ccc(/C=C/c3cc(OCCCCCCCCCCCC)c(/C=C/c4ccc(/C=C/c5cc(OCCCCCCCCCCCC)c(/C=C/c6ccc(/C=C/c7ccccc7)cc6)cc5OCCCCCCCCCCCC)cc4)cc3OCCCCCCCCCCCC)cc2)c(OCCCCCCCCCCCC)cc1/C=C/c1ccc(C=O)cc1. The molecule has 7 nitrogen and oxygen atoms in total. The maximum Gasteiger partial charge on any atom is 0.150 e. The van der Waals surface area contributed by atoms with Gasteiger partial charge in [0.05, 0.1) is 39.6 Å². The first-order valence-electron chi connectivity index (χ1n) is 58.3. The fourth-order valence-corrected chi connectivity index (χ4v) is 18.6.